The van der Waals surface area contributed by atoms with E-state index in [2.05, 4.69) is 22.3 Å². The van der Waals surface area contributed by atoms with Crippen molar-refractivity contribution in [2.45, 2.75) is 13.3 Å². The van der Waals surface area contributed by atoms with Gasteiger partial charge < -0.3 is 9.88 Å². The van der Waals surface area contributed by atoms with E-state index in [1.807, 2.05) is 29.8 Å². The van der Waals surface area contributed by atoms with E-state index in [4.69, 9.17) is 0 Å². The molecule has 7 heteroatoms. The summed E-state index contributed by atoms with van der Waals surface area (Å²) in [4.78, 5) is 17.1. The Morgan fingerprint density at radius 3 is 2.70 bits per heavy atom. The number of amides is 1. The van der Waals surface area contributed by atoms with E-state index in [1.165, 1.54) is 23.0 Å². The number of hydrogen-bond donors (Lipinski definition) is 1. The van der Waals surface area contributed by atoms with Crippen LogP contribution in [0.2, 0.25) is 0 Å². The smallest absolute Gasteiger partial charge is 0.258 e. The second-order valence-corrected chi connectivity index (χ2v) is 6.25. The molecule has 4 aromatic rings. The van der Waals surface area contributed by atoms with Gasteiger partial charge in [-0.2, -0.15) is 5.10 Å². The first-order valence-corrected chi connectivity index (χ1v) is 8.62. The Morgan fingerprint density at radius 1 is 1.19 bits per heavy atom. The van der Waals surface area contributed by atoms with Gasteiger partial charge in [0.25, 0.3) is 5.91 Å². The molecule has 0 aliphatic carbocycles. The third-order valence-electron chi connectivity index (χ3n) is 4.48. The number of aromatic nitrogens is 4. The highest BCUT2D eigenvalue weighted by Crippen LogP contribution is 2.20. The van der Waals surface area contributed by atoms with Crippen molar-refractivity contribution < 1.29 is 9.18 Å². The Labute approximate surface area is 155 Å². The van der Waals surface area contributed by atoms with E-state index >= 15 is 0 Å². The summed E-state index contributed by atoms with van der Waals surface area (Å²) in [6.07, 6.45) is 3.93. The van der Waals surface area contributed by atoms with Crippen molar-refractivity contribution in [1.29, 1.82) is 0 Å². The van der Waals surface area contributed by atoms with Crippen molar-refractivity contribution in [3.63, 3.8) is 0 Å². The molecular weight excluding hydrogens is 345 g/mol. The maximum Gasteiger partial charge on any atom is 0.258 e. The molecule has 0 saturated heterocycles. The van der Waals surface area contributed by atoms with Crippen LogP contribution in [0.5, 0.6) is 0 Å². The fourth-order valence-corrected chi connectivity index (χ4v) is 3.02. The first kappa shape index (κ1) is 17.0. The Morgan fingerprint density at radius 2 is 1.96 bits per heavy atom. The molecule has 0 fully saturated rings. The molecule has 6 nitrogen and oxygen atoms in total. The number of fused-ring (bicyclic) bond motifs is 1. The monoisotopic (exact) mass is 363 g/mol. The fourth-order valence-electron chi connectivity index (χ4n) is 3.02. The molecule has 0 atom stereocenters. The van der Waals surface area contributed by atoms with Crippen LogP contribution in [0.25, 0.3) is 16.7 Å². The van der Waals surface area contributed by atoms with Crippen molar-refractivity contribution in [1.82, 2.24) is 19.3 Å². The van der Waals surface area contributed by atoms with Gasteiger partial charge in [0, 0.05) is 25.4 Å². The van der Waals surface area contributed by atoms with Gasteiger partial charge in [-0.25, -0.2) is 14.1 Å². The van der Waals surface area contributed by atoms with Crippen molar-refractivity contribution in [3.05, 3.63) is 72.1 Å². The first-order chi connectivity index (χ1) is 13.0. The standard InChI is InChI=1S/C20H18FN5O/c1-3-19-24-17-10-15(6-9-18(17)25(19)2)23-20(27)13-11-22-26(12-13)16-7-4-14(21)5-8-16/h4-12H,3H2,1-2H3,(H,23,27). The van der Waals surface area contributed by atoms with Gasteiger partial charge >= 0.3 is 0 Å². The van der Waals surface area contributed by atoms with Gasteiger partial charge in [0.1, 0.15) is 11.6 Å². The minimum atomic E-state index is -0.319. The lowest BCUT2D eigenvalue weighted by Gasteiger charge is -2.04. The quantitative estimate of drug-likeness (QED) is 0.601. The lowest BCUT2D eigenvalue weighted by Crippen LogP contribution is -2.11. The number of carbonyl (C=O) groups excluding carboxylic acids is 1. The average molecular weight is 363 g/mol. The van der Waals surface area contributed by atoms with Gasteiger partial charge in [-0.15, -0.1) is 0 Å². The summed E-state index contributed by atoms with van der Waals surface area (Å²) in [5, 5.41) is 7.04. The highest BCUT2D eigenvalue weighted by atomic mass is 19.1. The molecule has 0 bridgehead atoms. The zero-order valence-electron chi connectivity index (χ0n) is 15.0. The summed E-state index contributed by atoms with van der Waals surface area (Å²) in [6.45, 7) is 2.06. The Kier molecular flexibility index (Phi) is 4.19. The first-order valence-electron chi connectivity index (χ1n) is 8.62. The van der Waals surface area contributed by atoms with Crippen molar-refractivity contribution in [2.24, 2.45) is 7.05 Å². The number of nitrogens with one attached hydrogen (secondary N) is 1. The molecule has 0 radical (unpaired) electrons. The van der Waals surface area contributed by atoms with Crippen molar-refractivity contribution in [3.8, 4) is 5.69 Å². The van der Waals surface area contributed by atoms with E-state index in [0.29, 0.717) is 16.9 Å². The molecule has 136 valence electrons. The molecule has 2 heterocycles. The van der Waals surface area contributed by atoms with E-state index in [9.17, 15) is 9.18 Å². The van der Waals surface area contributed by atoms with Gasteiger partial charge in [0.05, 0.1) is 28.5 Å². The van der Waals surface area contributed by atoms with Gasteiger partial charge in [-0.05, 0) is 42.5 Å². The number of carbonyl (C=O) groups is 1. The average Bonchev–Trinajstić information content (AvgIpc) is 3.27. The van der Waals surface area contributed by atoms with E-state index < -0.39 is 0 Å². The van der Waals surface area contributed by atoms with Crippen LogP contribution in [-0.4, -0.2) is 25.2 Å². The van der Waals surface area contributed by atoms with Gasteiger partial charge in [0.15, 0.2) is 0 Å². The molecule has 0 saturated carbocycles. The Balaban J connectivity index is 1.55. The fraction of sp³-hybridized carbons (Fsp3) is 0.150. The molecule has 27 heavy (non-hydrogen) atoms. The molecular formula is C20H18FN5O. The molecule has 0 aliphatic rings. The van der Waals surface area contributed by atoms with Crippen LogP contribution in [0.3, 0.4) is 0 Å². The minimum absolute atomic E-state index is 0.269. The maximum absolute atomic E-state index is 13.0. The molecule has 0 aliphatic heterocycles. The highest BCUT2D eigenvalue weighted by molar-refractivity contribution is 6.04. The highest BCUT2D eigenvalue weighted by Gasteiger charge is 2.12. The summed E-state index contributed by atoms with van der Waals surface area (Å²) >= 11 is 0. The van der Waals surface area contributed by atoms with Crippen molar-refractivity contribution >= 4 is 22.6 Å². The van der Waals surface area contributed by atoms with Crippen molar-refractivity contribution in [2.75, 3.05) is 5.32 Å². The predicted octanol–water partition coefficient (Wildman–Crippen LogP) is 3.71. The summed E-state index contributed by atoms with van der Waals surface area (Å²) in [6, 6.07) is 11.6. The van der Waals surface area contributed by atoms with Gasteiger partial charge in [-0.3, -0.25) is 4.79 Å². The van der Waals surface area contributed by atoms with Crippen LogP contribution in [0, 0.1) is 5.82 Å². The van der Waals surface area contributed by atoms with Crippen LogP contribution >= 0.6 is 0 Å². The SMILES string of the molecule is CCc1nc2cc(NC(=O)c3cnn(-c4ccc(F)cc4)c3)ccc2n1C. The molecule has 0 unspecified atom stereocenters. The maximum atomic E-state index is 13.0. The number of benzene rings is 2. The summed E-state index contributed by atoms with van der Waals surface area (Å²) in [5.41, 5.74) is 3.62. The second kappa shape index (κ2) is 6.68. The topological polar surface area (TPSA) is 64.7 Å². The predicted molar refractivity (Wildman–Crippen MR) is 102 cm³/mol. The molecule has 2 aromatic carbocycles. The Bertz CT molecular complexity index is 1130. The number of nitrogens with zero attached hydrogens (tertiary/aromatic N) is 4. The van der Waals surface area contributed by atoms with Crippen LogP contribution in [0.1, 0.15) is 23.1 Å². The second-order valence-electron chi connectivity index (χ2n) is 6.25. The lowest BCUT2D eigenvalue weighted by atomic mass is 10.2. The molecule has 2 aromatic heterocycles. The molecule has 4 rings (SSSR count). The van der Waals surface area contributed by atoms with Crippen LogP contribution in [-0.2, 0) is 13.5 Å². The van der Waals surface area contributed by atoms with Crippen LogP contribution < -0.4 is 5.32 Å². The van der Waals surface area contributed by atoms with E-state index in [0.717, 1.165) is 23.3 Å². The number of hydrogen-bond acceptors (Lipinski definition) is 3. The van der Waals surface area contributed by atoms with E-state index in [1.54, 1.807) is 18.3 Å². The summed E-state index contributed by atoms with van der Waals surface area (Å²) in [7, 11) is 1.98. The van der Waals surface area contributed by atoms with Crippen LogP contribution in [0.15, 0.2) is 54.9 Å². The number of halogens is 1. The third kappa shape index (κ3) is 3.19. The third-order valence-corrected chi connectivity index (χ3v) is 4.48. The molecule has 0 spiro atoms. The number of anilines is 1. The number of aryl methyl sites for hydroxylation is 2. The largest absolute Gasteiger partial charge is 0.331 e. The summed E-state index contributed by atoms with van der Waals surface area (Å²) < 4.78 is 16.6. The normalized spacial score (nSPS) is 11.1. The Hall–Kier alpha value is -3.48. The van der Waals surface area contributed by atoms with Gasteiger partial charge in [0.2, 0.25) is 0 Å². The molecule has 1 N–H and O–H groups in total. The lowest BCUT2D eigenvalue weighted by molar-refractivity contribution is 0.102. The zero-order chi connectivity index (χ0) is 19.0. The number of imidazole rings is 1. The zero-order valence-corrected chi connectivity index (χ0v) is 15.0. The van der Waals surface area contributed by atoms with E-state index in [-0.39, 0.29) is 11.7 Å². The van der Waals surface area contributed by atoms with Gasteiger partial charge in [-0.1, -0.05) is 6.92 Å². The molecule has 1 amide bonds. The minimum Gasteiger partial charge on any atom is -0.331 e. The van der Waals surface area contributed by atoms with Crippen LogP contribution in [0.4, 0.5) is 10.1 Å². The number of rotatable bonds is 4. The summed E-state index contributed by atoms with van der Waals surface area (Å²) in [5.74, 6) is 0.406.